The highest BCUT2D eigenvalue weighted by molar-refractivity contribution is 7.15. The summed E-state index contributed by atoms with van der Waals surface area (Å²) in [6.45, 7) is 6.46. The van der Waals surface area contributed by atoms with Crippen LogP contribution < -0.4 is 10.1 Å². The van der Waals surface area contributed by atoms with Crippen LogP contribution in [0.15, 0.2) is 67.3 Å². The van der Waals surface area contributed by atoms with E-state index in [0.717, 1.165) is 16.1 Å². The van der Waals surface area contributed by atoms with Crippen LogP contribution in [-0.4, -0.2) is 30.6 Å². The molecule has 0 aliphatic rings. The van der Waals surface area contributed by atoms with E-state index in [-0.39, 0.29) is 11.9 Å². The Morgan fingerprint density at radius 2 is 1.97 bits per heavy atom. The quantitative estimate of drug-likeness (QED) is 0.320. The summed E-state index contributed by atoms with van der Waals surface area (Å²) in [4.78, 5) is 28.9. The molecule has 1 amide bonds. The van der Waals surface area contributed by atoms with Crippen LogP contribution in [0.1, 0.15) is 40.7 Å². The topological polar surface area (TPSA) is 94.8 Å². The fourth-order valence-electron chi connectivity index (χ4n) is 3.70. The first-order valence-corrected chi connectivity index (χ1v) is 12.0. The number of ether oxygens (including phenoxy) is 1. The second-order valence-corrected chi connectivity index (χ2v) is 9.62. The molecule has 0 saturated carbocycles. The lowest BCUT2D eigenvalue weighted by molar-refractivity contribution is 0.102. The van der Waals surface area contributed by atoms with Crippen molar-refractivity contribution in [1.29, 1.82) is 0 Å². The van der Waals surface area contributed by atoms with Crippen molar-refractivity contribution in [3.63, 3.8) is 0 Å². The Morgan fingerprint density at radius 3 is 2.71 bits per heavy atom. The zero-order chi connectivity index (χ0) is 24.4. The van der Waals surface area contributed by atoms with Gasteiger partial charge in [-0.3, -0.25) is 9.78 Å². The van der Waals surface area contributed by atoms with Gasteiger partial charge >= 0.3 is 0 Å². The fourth-order valence-corrected chi connectivity index (χ4v) is 4.53. The summed E-state index contributed by atoms with van der Waals surface area (Å²) in [5.74, 6) is 0.527. The Balaban J connectivity index is 1.49. The zero-order valence-corrected chi connectivity index (χ0v) is 20.4. The average Bonchev–Trinajstić information content (AvgIpc) is 3.50. The number of carbonyl (C=O) groups excluding carboxylic acids is 1. The van der Waals surface area contributed by atoms with Crippen LogP contribution in [0.3, 0.4) is 0 Å². The molecule has 0 bridgehead atoms. The summed E-state index contributed by atoms with van der Waals surface area (Å²) in [5, 5.41) is 8.11. The summed E-state index contributed by atoms with van der Waals surface area (Å²) in [6.07, 6.45) is 6.74. The standard InChI is InChI=1S/C26H24N6O2S/c1-16(2)32-25-20(14-29-32)19(13-21(30-25)23-7-6-17(3)35-23)26(33)31-24-22(5-4-10-28-24)34-15-18-8-11-27-12-9-18/h4-14,16H,15H2,1-3H3,(H,28,31,33). The van der Waals surface area contributed by atoms with E-state index in [0.29, 0.717) is 34.8 Å². The maximum atomic E-state index is 13.5. The third-order valence-electron chi connectivity index (χ3n) is 5.44. The fraction of sp³-hybridized carbons (Fsp3) is 0.192. The van der Waals surface area contributed by atoms with Crippen LogP contribution in [0.25, 0.3) is 21.6 Å². The maximum Gasteiger partial charge on any atom is 0.257 e. The molecule has 176 valence electrons. The number of nitrogens with one attached hydrogen (secondary N) is 1. The van der Waals surface area contributed by atoms with Crippen molar-refractivity contribution in [2.45, 2.75) is 33.4 Å². The number of pyridine rings is 3. The monoisotopic (exact) mass is 484 g/mol. The average molecular weight is 485 g/mol. The third kappa shape index (κ3) is 4.76. The van der Waals surface area contributed by atoms with Crippen molar-refractivity contribution in [3.05, 3.63) is 83.3 Å². The maximum absolute atomic E-state index is 13.5. The van der Waals surface area contributed by atoms with Gasteiger partial charge < -0.3 is 10.1 Å². The van der Waals surface area contributed by atoms with Gasteiger partial charge in [-0.1, -0.05) is 0 Å². The number of thiophene rings is 1. The molecular weight excluding hydrogens is 460 g/mol. The first-order valence-electron chi connectivity index (χ1n) is 11.2. The van der Waals surface area contributed by atoms with E-state index in [1.54, 1.807) is 48.3 Å². The van der Waals surface area contributed by atoms with Gasteiger partial charge in [0.25, 0.3) is 5.91 Å². The van der Waals surface area contributed by atoms with Gasteiger partial charge in [-0.15, -0.1) is 11.3 Å². The first kappa shape index (κ1) is 22.7. The molecule has 9 heteroatoms. The Morgan fingerprint density at radius 1 is 1.14 bits per heavy atom. The SMILES string of the molecule is Cc1ccc(-c2cc(C(=O)Nc3ncccc3OCc3ccncc3)c3cnn(C(C)C)c3n2)s1. The van der Waals surface area contributed by atoms with Crippen LogP contribution in [0.5, 0.6) is 5.75 Å². The van der Waals surface area contributed by atoms with Gasteiger partial charge in [-0.2, -0.15) is 5.10 Å². The molecule has 0 unspecified atom stereocenters. The molecule has 5 rings (SSSR count). The summed E-state index contributed by atoms with van der Waals surface area (Å²) in [6, 6.07) is 13.3. The van der Waals surface area contributed by atoms with Crippen LogP contribution in [0, 0.1) is 6.92 Å². The number of nitrogens with zero attached hydrogens (tertiary/aromatic N) is 5. The molecule has 0 aromatic carbocycles. The molecule has 0 radical (unpaired) electrons. The number of amides is 1. The lowest BCUT2D eigenvalue weighted by atomic mass is 10.1. The molecule has 5 aromatic rings. The second kappa shape index (κ2) is 9.63. The van der Waals surface area contributed by atoms with Gasteiger partial charge in [0.2, 0.25) is 0 Å². The number of fused-ring (bicyclic) bond motifs is 1. The van der Waals surface area contributed by atoms with Crippen molar-refractivity contribution in [2.24, 2.45) is 0 Å². The minimum Gasteiger partial charge on any atom is -0.485 e. The van der Waals surface area contributed by atoms with Crippen molar-refractivity contribution in [2.75, 3.05) is 5.32 Å². The van der Waals surface area contributed by atoms with Gasteiger partial charge in [0.05, 0.1) is 27.7 Å². The molecule has 0 spiro atoms. The molecular formula is C26H24N6O2S. The highest BCUT2D eigenvalue weighted by Crippen LogP contribution is 2.31. The molecule has 8 nitrogen and oxygen atoms in total. The molecule has 5 heterocycles. The normalized spacial score (nSPS) is 11.2. The van der Waals surface area contributed by atoms with Crippen LogP contribution in [0.2, 0.25) is 0 Å². The van der Waals surface area contributed by atoms with Gasteiger partial charge in [-0.05, 0) is 68.8 Å². The van der Waals surface area contributed by atoms with Crippen molar-refractivity contribution < 1.29 is 9.53 Å². The van der Waals surface area contributed by atoms with Gasteiger partial charge in [0.15, 0.2) is 17.2 Å². The molecule has 5 aromatic heterocycles. The summed E-state index contributed by atoms with van der Waals surface area (Å²) < 4.78 is 7.78. The second-order valence-electron chi connectivity index (χ2n) is 8.33. The number of hydrogen-bond donors (Lipinski definition) is 1. The van der Waals surface area contributed by atoms with E-state index in [9.17, 15) is 4.79 Å². The zero-order valence-electron chi connectivity index (χ0n) is 19.6. The van der Waals surface area contributed by atoms with Gasteiger partial charge in [-0.25, -0.2) is 14.6 Å². The number of aryl methyl sites for hydroxylation is 1. The minimum atomic E-state index is -0.303. The Bertz CT molecular complexity index is 1490. The third-order valence-corrected chi connectivity index (χ3v) is 6.46. The predicted octanol–water partition coefficient (Wildman–Crippen LogP) is 5.67. The lowest BCUT2D eigenvalue weighted by Gasteiger charge is -2.13. The van der Waals surface area contributed by atoms with Crippen molar-refractivity contribution in [3.8, 4) is 16.3 Å². The smallest absolute Gasteiger partial charge is 0.257 e. The molecule has 0 aliphatic carbocycles. The molecule has 0 saturated heterocycles. The lowest BCUT2D eigenvalue weighted by Crippen LogP contribution is -2.15. The van der Waals surface area contributed by atoms with E-state index >= 15 is 0 Å². The van der Waals surface area contributed by atoms with E-state index in [1.165, 1.54) is 4.88 Å². The first-order chi connectivity index (χ1) is 17.0. The van der Waals surface area contributed by atoms with Crippen LogP contribution in [0.4, 0.5) is 5.82 Å². The van der Waals surface area contributed by atoms with E-state index < -0.39 is 0 Å². The minimum absolute atomic E-state index is 0.0974. The molecule has 35 heavy (non-hydrogen) atoms. The van der Waals surface area contributed by atoms with Crippen molar-refractivity contribution in [1.82, 2.24) is 24.7 Å². The van der Waals surface area contributed by atoms with Gasteiger partial charge in [0.1, 0.15) is 6.61 Å². The van der Waals surface area contributed by atoms with Gasteiger partial charge in [0, 0.05) is 29.5 Å². The molecule has 0 fully saturated rings. The number of rotatable bonds is 7. The highest BCUT2D eigenvalue weighted by Gasteiger charge is 2.20. The van der Waals surface area contributed by atoms with E-state index in [2.05, 4.69) is 20.4 Å². The number of carbonyl (C=O) groups is 1. The van der Waals surface area contributed by atoms with E-state index in [4.69, 9.17) is 9.72 Å². The summed E-state index contributed by atoms with van der Waals surface area (Å²) in [5.41, 5.74) is 2.85. The molecule has 0 aliphatic heterocycles. The number of anilines is 1. The molecule has 1 N–H and O–H groups in total. The van der Waals surface area contributed by atoms with Crippen LogP contribution in [-0.2, 0) is 6.61 Å². The van der Waals surface area contributed by atoms with Crippen LogP contribution >= 0.6 is 11.3 Å². The number of hydrogen-bond acceptors (Lipinski definition) is 7. The predicted molar refractivity (Wildman–Crippen MR) is 137 cm³/mol. The highest BCUT2D eigenvalue weighted by atomic mass is 32.1. The summed E-state index contributed by atoms with van der Waals surface area (Å²) in [7, 11) is 0. The van der Waals surface area contributed by atoms with Crippen molar-refractivity contribution >= 4 is 34.1 Å². The molecule has 0 atom stereocenters. The Labute approximate surface area is 206 Å². The number of aromatic nitrogens is 5. The Kier molecular flexibility index (Phi) is 6.24. The Hall–Kier alpha value is -4.11. The largest absolute Gasteiger partial charge is 0.485 e. The van der Waals surface area contributed by atoms with E-state index in [1.807, 2.05) is 55.8 Å². The summed E-state index contributed by atoms with van der Waals surface area (Å²) >= 11 is 1.64.